The highest BCUT2D eigenvalue weighted by molar-refractivity contribution is 4.83. The first-order valence-corrected chi connectivity index (χ1v) is 8.15. The van der Waals surface area contributed by atoms with Crippen LogP contribution >= 0.6 is 0 Å². The Hall–Kier alpha value is -0.160. The van der Waals surface area contributed by atoms with Crippen molar-refractivity contribution in [2.45, 2.75) is 58.1 Å². The van der Waals surface area contributed by atoms with Crippen LogP contribution in [0.5, 0.6) is 0 Å². The summed E-state index contributed by atoms with van der Waals surface area (Å²) in [5.74, 6) is 0.702. The van der Waals surface area contributed by atoms with E-state index in [0.29, 0.717) is 31.5 Å². The van der Waals surface area contributed by atoms with Gasteiger partial charge in [0.1, 0.15) is 0 Å². The number of likely N-dealkylation sites (tertiary alicyclic amines) is 1. The summed E-state index contributed by atoms with van der Waals surface area (Å²) in [7, 11) is 1.68. The van der Waals surface area contributed by atoms with Crippen molar-refractivity contribution in [3.05, 3.63) is 0 Å². The standard InChI is InChI=1S/C16H34N2O2/c1-5-9-18-10-6-7-15(12-18)14(2)17-13-16(3,19)8-11-20-4/h14-15,17,19H,5-13H2,1-4H3. The zero-order valence-corrected chi connectivity index (χ0v) is 13.8. The van der Waals surface area contributed by atoms with E-state index >= 15 is 0 Å². The van der Waals surface area contributed by atoms with E-state index in [1.807, 2.05) is 6.92 Å². The lowest BCUT2D eigenvalue weighted by molar-refractivity contribution is 0.0199. The Morgan fingerprint density at radius 2 is 2.25 bits per heavy atom. The highest BCUT2D eigenvalue weighted by atomic mass is 16.5. The van der Waals surface area contributed by atoms with Gasteiger partial charge in [-0.05, 0) is 52.1 Å². The summed E-state index contributed by atoms with van der Waals surface area (Å²) in [6.07, 6.45) is 4.52. The maximum Gasteiger partial charge on any atom is 0.0765 e. The molecule has 20 heavy (non-hydrogen) atoms. The van der Waals surface area contributed by atoms with Gasteiger partial charge >= 0.3 is 0 Å². The third-order valence-corrected chi connectivity index (χ3v) is 4.44. The van der Waals surface area contributed by atoms with Crippen LogP contribution in [0, 0.1) is 5.92 Å². The molecule has 4 nitrogen and oxygen atoms in total. The fraction of sp³-hybridized carbons (Fsp3) is 1.00. The molecule has 1 aliphatic heterocycles. The maximum atomic E-state index is 10.3. The fourth-order valence-corrected chi connectivity index (χ4v) is 2.98. The van der Waals surface area contributed by atoms with E-state index in [1.165, 1.54) is 38.9 Å². The van der Waals surface area contributed by atoms with E-state index in [4.69, 9.17) is 4.74 Å². The summed E-state index contributed by atoms with van der Waals surface area (Å²) >= 11 is 0. The number of nitrogens with one attached hydrogen (secondary N) is 1. The minimum absolute atomic E-state index is 0.462. The molecule has 3 unspecified atom stereocenters. The van der Waals surface area contributed by atoms with E-state index < -0.39 is 5.60 Å². The number of hydrogen-bond donors (Lipinski definition) is 2. The number of aliphatic hydroxyl groups is 1. The van der Waals surface area contributed by atoms with Gasteiger partial charge in [0.25, 0.3) is 0 Å². The molecule has 0 bridgehead atoms. The summed E-state index contributed by atoms with van der Waals surface area (Å²) in [4.78, 5) is 2.58. The van der Waals surface area contributed by atoms with Crippen LogP contribution in [0.4, 0.5) is 0 Å². The average Bonchev–Trinajstić information content (AvgIpc) is 2.43. The Morgan fingerprint density at radius 3 is 2.90 bits per heavy atom. The lowest BCUT2D eigenvalue weighted by Gasteiger charge is -2.37. The smallest absolute Gasteiger partial charge is 0.0765 e. The van der Waals surface area contributed by atoms with Gasteiger partial charge in [-0.15, -0.1) is 0 Å². The van der Waals surface area contributed by atoms with Gasteiger partial charge in [-0.3, -0.25) is 0 Å². The molecule has 3 atom stereocenters. The third-order valence-electron chi connectivity index (χ3n) is 4.44. The Bertz CT molecular complexity index is 257. The van der Waals surface area contributed by atoms with E-state index in [0.717, 1.165) is 0 Å². The molecule has 0 aromatic heterocycles. The quantitative estimate of drug-likeness (QED) is 0.679. The van der Waals surface area contributed by atoms with E-state index in [1.54, 1.807) is 7.11 Å². The minimum atomic E-state index is -0.679. The Kier molecular flexibility index (Phi) is 8.03. The maximum absolute atomic E-state index is 10.3. The summed E-state index contributed by atoms with van der Waals surface area (Å²) in [6.45, 7) is 11.3. The summed E-state index contributed by atoms with van der Waals surface area (Å²) in [6, 6.07) is 0.462. The average molecular weight is 286 g/mol. The van der Waals surface area contributed by atoms with Gasteiger partial charge in [0.05, 0.1) is 5.60 Å². The number of nitrogens with zero attached hydrogens (tertiary/aromatic N) is 1. The van der Waals surface area contributed by atoms with Gasteiger partial charge in [-0.1, -0.05) is 6.92 Å². The lowest BCUT2D eigenvalue weighted by Crippen LogP contribution is -2.48. The van der Waals surface area contributed by atoms with Gasteiger partial charge in [-0.25, -0.2) is 0 Å². The highest BCUT2D eigenvalue weighted by Gasteiger charge is 2.26. The van der Waals surface area contributed by atoms with Gasteiger partial charge in [0.2, 0.25) is 0 Å². The predicted octanol–water partition coefficient (Wildman–Crippen LogP) is 1.87. The second-order valence-corrected chi connectivity index (χ2v) is 6.61. The van der Waals surface area contributed by atoms with Crippen molar-refractivity contribution in [3.63, 3.8) is 0 Å². The first-order chi connectivity index (χ1) is 9.48. The van der Waals surface area contributed by atoms with Crippen LogP contribution in [0.25, 0.3) is 0 Å². The molecule has 0 radical (unpaired) electrons. The van der Waals surface area contributed by atoms with Gasteiger partial charge < -0.3 is 20.1 Å². The van der Waals surface area contributed by atoms with Crippen LogP contribution in [0.1, 0.15) is 46.5 Å². The first kappa shape index (κ1) is 17.9. The normalized spacial score (nSPS) is 25.4. The largest absolute Gasteiger partial charge is 0.389 e. The number of hydrogen-bond acceptors (Lipinski definition) is 4. The topological polar surface area (TPSA) is 44.7 Å². The molecular weight excluding hydrogens is 252 g/mol. The molecule has 0 aromatic rings. The molecule has 0 aliphatic carbocycles. The summed E-state index contributed by atoms with van der Waals surface area (Å²) in [5.41, 5.74) is -0.679. The second kappa shape index (κ2) is 8.98. The third kappa shape index (κ3) is 6.53. The van der Waals surface area contributed by atoms with Crippen LogP contribution in [-0.4, -0.2) is 61.5 Å². The van der Waals surface area contributed by atoms with Crippen molar-refractivity contribution in [3.8, 4) is 0 Å². The zero-order valence-electron chi connectivity index (χ0n) is 13.8. The van der Waals surface area contributed by atoms with Crippen LogP contribution in [0.3, 0.4) is 0 Å². The fourth-order valence-electron chi connectivity index (χ4n) is 2.98. The van der Waals surface area contributed by atoms with Crippen molar-refractivity contribution in [2.24, 2.45) is 5.92 Å². The molecule has 120 valence electrons. The monoisotopic (exact) mass is 286 g/mol. The van der Waals surface area contributed by atoms with Crippen LogP contribution in [0.15, 0.2) is 0 Å². The molecule has 1 rings (SSSR count). The molecule has 0 spiro atoms. The van der Waals surface area contributed by atoms with Gasteiger partial charge in [-0.2, -0.15) is 0 Å². The second-order valence-electron chi connectivity index (χ2n) is 6.61. The Morgan fingerprint density at radius 1 is 1.50 bits per heavy atom. The lowest BCUT2D eigenvalue weighted by atomic mass is 9.90. The van der Waals surface area contributed by atoms with E-state index in [9.17, 15) is 5.11 Å². The molecule has 1 saturated heterocycles. The molecule has 1 aliphatic rings. The predicted molar refractivity (Wildman–Crippen MR) is 84.0 cm³/mol. The highest BCUT2D eigenvalue weighted by Crippen LogP contribution is 2.20. The van der Waals surface area contributed by atoms with Crippen LogP contribution in [0.2, 0.25) is 0 Å². The first-order valence-electron chi connectivity index (χ1n) is 8.15. The Labute approximate surface area is 124 Å². The Balaban J connectivity index is 2.32. The van der Waals surface area contributed by atoms with Crippen LogP contribution in [-0.2, 0) is 4.74 Å². The molecule has 0 saturated carbocycles. The molecule has 0 amide bonds. The summed E-state index contributed by atoms with van der Waals surface area (Å²) < 4.78 is 5.05. The van der Waals surface area contributed by atoms with E-state index in [-0.39, 0.29) is 0 Å². The molecule has 2 N–H and O–H groups in total. The van der Waals surface area contributed by atoms with Gasteiger partial charge in [0.15, 0.2) is 0 Å². The summed E-state index contributed by atoms with van der Waals surface area (Å²) in [5, 5.41) is 13.8. The zero-order chi connectivity index (χ0) is 15.0. The molecule has 4 heteroatoms. The van der Waals surface area contributed by atoms with Crippen molar-refractivity contribution in [1.29, 1.82) is 0 Å². The van der Waals surface area contributed by atoms with Crippen molar-refractivity contribution >= 4 is 0 Å². The van der Waals surface area contributed by atoms with Crippen molar-refractivity contribution in [1.82, 2.24) is 10.2 Å². The van der Waals surface area contributed by atoms with Gasteiger partial charge in [0, 0.05) is 39.3 Å². The van der Waals surface area contributed by atoms with Crippen molar-refractivity contribution < 1.29 is 9.84 Å². The van der Waals surface area contributed by atoms with Crippen molar-refractivity contribution in [2.75, 3.05) is 39.9 Å². The number of ether oxygens (including phenoxy) is 1. The number of rotatable bonds is 9. The SMILES string of the molecule is CCCN1CCCC(C(C)NCC(C)(O)CCOC)C1. The molecule has 1 fully saturated rings. The molecular formula is C16H34N2O2. The molecule has 0 aromatic carbocycles. The van der Waals surface area contributed by atoms with Crippen LogP contribution < -0.4 is 5.32 Å². The minimum Gasteiger partial charge on any atom is -0.389 e. The number of piperidine rings is 1. The van der Waals surface area contributed by atoms with E-state index in [2.05, 4.69) is 24.1 Å². The molecule has 1 heterocycles. The number of methoxy groups -OCH3 is 1.